The molecule has 3 aromatic carbocycles. The Hall–Kier alpha value is -3.95. The van der Waals surface area contributed by atoms with Crippen molar-refractivity contribution in [2.75, 3.05) is 10.7 Å². The standard InChI is InChI=1S/C28H22F2N2O4S/c29-19-5-1-17(2-6-19)25(35)15-37-27-26(23-10-9-22(33)12-24(23)34)32(28(27)36)21-7-3-16(4-8-21)18-11-20(30)14-31-13-18/h1-14,25-27,33-35H,15H2/t25-,26+,27+/m0/s1. The van der Waals surface area contributed by atoms with Crippen LogP contribution in [0.1, 0.15) is 23.3 Å². The monoisotopic (exact) mass is 520 g/mol. The van der Waals surface area contributed by atoms with Gasteiger partial charge >= 0.3 is 0 Å². The molecular formula is C28H22F2N2O4S. The molecule has 37 heavy (non-hydrogen) atoms. The summed E-state index contributed by atoms with van der Waals surface area (Å²) in [5.74, 6) is -1.16. The van der Waals surface area contributed by atoms with Gasteiger partial charge in [0.25, 0.3) is 0 Å². The van der Waals surface area contributed by atoms with E-state index in [9.17, 15) is 28.9 Å². The molecule has 0 bridgehead atoms. The molecule has 5 rings (SSSR count). The van der Waals surface area contributed by atoms with E-state index in [1.54, 1.807) is 41.4 Å². The minimum atomic E-state index is -0.916. The number of aliphatic hydroxyl groups excluding tert-OH is 1. The first-order valence-corrected chi connectivity index (χ1v) is 12.5. The fraction of sp³-hybridized carbons (Fsp3) is 0.143. The van der Waals surface area contributed by atoms with Gasteiger partial charge in [0, 0.05) is 34.8 Å². The molecule has 0 unspecified atom stereocenters. The normalized spacial score (nSPS) is 17.9. The van der Waals surface area contributed by atoms with Gasteiger partial charge < -0.3 is 20.2 Å². The van der Waals surface area contributed by atoms with Gasteiger partial charge in [-0.25, -0.2) is 8.78 Å². The molecule has 1 saturated heterocycles. The number of rotatable bonds is 7. The Balaban J connectivity index is 1.40. The molecule has 2 heterocycles. The highest BCUT2D eigenvalue weighted by atomic mass is 32.2. The molecule has 0 spiro atoms. The van der Waals surface area contributed by atoms with Crippen molar-refractivity contribution in [3.05, 3.63) is 108 Å². The second-order valence-corrected chi connectivity index (χ2v) is 9.83. The maximum atomic E-state index is 13.6. The highest BCUT2D eigenvalue weighted by molar-refractivity contribution is 8.00. The number of phenols is 2. The van der Waals surface area contributed by atoms with Crippen LogP contribution in [-0.2, 0) is 4.79 Å². The lowest BCUT2D eigenvalue weighted by Gasteiger charge is -2.47. The highest BCUT2D eigenvalue weighted by Crippen LogP contribution is 2.48. The van der Waals surface area contributed by atoms with Crippen molar-refractivity contribution in [2.24, 2.45) is 0 Å². The Bertz CT molecular complexity index is 1430. The molecule has 0 saturated carbocycles. The van der Waals surface area contributed by atoms with E-state index in [1.807, 2.05) is 0 Å². The molecule has 3 atom stereocenters. The van der Waals surface area contributed by atoms with Crippen molar-refractivity contribution in [3.63, 3.8) is 0 Å². The lowest BCUT2D eigenvalue weighted by atomic mass is 9.91. The molecule has 1 aromatic heterocycles. The minimum absolute atomic E-state index is 0.109. The first-order valence-electron chi connectivity index (χ1n) is 11.4. The number of hydrogen-bond acceptors (Lipinski definition) is 6. The number of phenolic OH excluding ortho intramolecular Hbond substituents is 2. The number of halogens is 2. The largest absolute Gasteiger partial charge is 0.508 e. The number of aliphatic hydroxyl groups is 1. The first-order chi connectivity index (χ1) is 17.8. The summed E-state index contributed by atoms with van der Waals surface area (Å²) in [5, 5.41) is 30.3. The number of amides is 1. The maximum Gasteiger partial charge on any atom is 0.243 e. The second-order valence-electron chi connectivity index (χ2n) is 8.66. The Kier molecular flexibility index (Phi) is 6.82. The predicted octanol–water partition coefficient (Wildman–Crippen LogP) is 5.36. The van der Waals surface area contributed by atoms with Gasteiger partial charge in [-0.2, -0.15) is 0 Å². The summed E-state index contributed by atoms with van der Waals surface area (Å²) in [4.78, 5) is 18.7. The lowest BCUT2D eigenvalue weighted by molar-refractivity contribution is -0.123. The van der Waals surface area contributed by atoms with Crippen LogP contribution in [0.15, 0.2) is 85.2 Å². The fourth-order valence-corrected chi connectivity index (χ4v) is 5.65. The third kappa shape index (κ3) is 5.00. The molecule has 3 N–H and O–H groups in total. The van der Waals surface area contributed by atoms with Crippen LogP contribution in [0, 0.1) is 11.6 Å². The minimum Gasteiger partial charge on any atom is -0.508 e. The average Bonchev–Trinajstić information content (AvgIpc) is 2.88. The van der Waals surface area contributed by atoms with Crippen molar-refractivity contribution >= 4 is 23.4 Å². The van der Waals surface area contributed by atoms with E-state index in [1.165, 1.54) is 54.2 Å². The number of β-lactam (4-membered cyclic amide) rings is 1. The van der Waals surface area contributed by atoms with Gasteiger partial charge in [0.2, 0.25) is 5.91 Å². The summed E-state index contributed by atoms with van der Waals surface area (Å²) >= 11 is 1.24. The number of hydrogen-bond donors (Lipinski definition) is 3. The van der Waals surface area contributed by atoms with Crippen LogP contribution in [-0.4, -0.2) is 37.2 Å². The molecule has 1 fully saturated rings. The molecule has 1 aliphatic rings. The van der Waals surface area contributed by atoms with Crippen LogP contribution in [0.5, 0.6) is 11.5 Å². The molecule has 1 amide bonds. The first kappa shape index (κ1) is 24.7. The summed E-state index contributed by atoms with van der Waals surface area (Å²) in [5.41, 5.74) is 2.87. The zero-order valence-corrected chi connectivity index (χ0v) is 20.1. The summed E-state index contributed by atoms with van der Waals surface area (Å²) in [6.07, 6.45) is 1.75. The molecule has 9 heteroatoms. The lowest BCUT2D eigenvalue weighted by Crippen LogP contribution is -2.57. The molecule has 0 radical (unpaired) electrons. The molecule has 4 aromatic rings. The number of nitrogens with zero attached hydrogens (tertiary/aromatic N) is 2. The smallest absolute Gasteiger partial charge is 0.243 e. The van der Waals surface area contributed by atoms with E-state index in [2.05, 4.69) is 4.98 Å². The number of aromatic nitrogens is 1. The van der Waals surface area contributed by atoms with Gasteiger partial charge in [0.05, 0.1) is 18.3 Å². The number of benzene rings is 3. The SMILES string of the molecule is O=C1[C@H](SC[C@H](O)c2ccc(F)cc2)[C@@H](c2ccc(O)cc2O)N1c1ccc(-c2cncc(F)c2)cc1. The van der Waals surface area contributed by atoms with E-state index >= 15 is 0 Å². The second kappa shape index (κ2) is 10.2. The van der Waals surface area contributed by atoms with Crippen LogP contribution in [0.25, 0.3) is 11.1 Å². The number of carbonyl (C=O) groups excluding carboxylic acids is 1. The Labute approximate surface area is 215 Å². The summed E-state index contributed by atoms with van der Waals surface area (Å²) in [7, 11) is 0. The predicted molar refractivity (Wildman–Crippen MR) is 137 cm³/mol. The van der Waals surface area contributed by atoms with Gasteiger partial charge in [0.15, 0.2) is 0 Å². The zero-order chi connectivity index (χ0) is 26.1. The van der Waals surface area contributed by atoms with Gasteiger partial charge in [-0.15, -0.1) is 11.8 Å². The highest BCUT2D eigenvalue weighted by Gasteiger charge is 2.50. The van der Waals surface area contributed by atoms with Gasteiger partial charge in [-0.05, 0) is 53.6 Å². The molecule has 0 aliphatic carbocycles. The van der Waals surface area contributed by atoms with Crippen LogP contribution < -0.4 is 4.90 Å². The quantitative estimate of drug-likeness (QED) is 0.284. The van der Waals surface area contributed by atoms with Crippen LogP contribution in [0.2, 0.25) is 0 Å². The number of pyridine rings is 1. The van der Waals surface area contributed by atoms with Crippen LogP contribution in [0.3, 0.4) is 0 Å². The summed E-state index contributed by atoms with van der Waals surface area (Å²) < 4.78 is 26.8. The third-order valence-electron chi connectivity index (χ3n) is 6.25. The van der Waals surface area contributed by atoms with Crippen molar-refractivity contribution in [2.45, 2.75) is 17.4 Å². The molecule has 1 aliphatic heterocycles. The summed E-state index contributed by atoms with van der Waals surface area (Å²) in [6.45, 7) is 0. The number of thioether (sulfide) groups is 1. The van der Waals surface area contributed by atoms with Crippen molar-refractivity contribution in [3.8, 4) is 22.6 Å². The number of aromatic hydroxyl groups is 2. The zero-order valence-electron chi connectivity index (χ0n) is 19.3. The van der Waals surface area contributed by atoms with Crippen molar-refractivity contribution < 1.29 is 28.9 Å². The van der Waals surface area contributed by atoms with Gasteiger partial charge in [-0.3, -0.25) is 9.78 Å². The Morgan fingerprint density at radius 2 is 1.62 bits per heavy atom. The Morgan fingerprint density at radius 3 is 2.30 bits per heavy atom. The number of anilines is 1. The molecular weight excluding hydrogens is 498 g/mol. The third-order valence-corrected chi connectivity index (χ3v) is 7.58. The van der Waals surface area contributed by atoms with Crippen LogP contribution in [0.4, 0.5) is 14.5 Å². The molecule has 6 nitrogen and oxygen atoms in total. The van der Waals surface area contributed by atoms with Gasteiger partial charge in [0.1, 0.15) is 28.4 Å². The van der Waals surface area contributed by atoms with E-state index in [0.717, 1.165) is 11.8 Å². The topological polar surface area (TPSA) is 93.9 Å². The number of carbonyl (C=O) groups is 1. The van der Waals surface area contributed by atoms with E-state index in [-0.39, 0.29) is 23.2 Å². The van der Waals surface area contributed by atoms with Crippen molar-refractivity contribution in [1.82, 2.24) is 4.98 Å². The van der Waals surface area contributed by atoms with Crippen molar-refractivity contribution in [1.29, 1.82) is 0 Å². The van der Waals surface area contributed by atoms with E-state index in [0.29, 0.717) is 22.4 Å². The van der Waals surface area contributed by atoms with Crippen LogP contribution >= 0.6 is 11.8 Å². The van der Waals surface area contributed by atoms with E-state index < -0.39 is 29.0 Å². The van der Waals surface area contributed by atoms with Gasteiger partial charge in [-0.1, -0.05) is 24.3 Å². The molecule has 188 valence electrons. The maximum absolute atomic E-state index is 13.6. The van der Waals surface area contributed by atoms with E-state index in [4.69, 9.17) is 0 Å². The summed E-state index contributed by atoms with van der Waals surface area (Å²) in [6, 6.07) is 17.5. The fourth-order valence-electron chi connectivity index (χ4n) is 4.36. The average molecular weight is 521 g/mol. The Morgan fingerprint density at radius 1 is 0.892 bits per heavy atom.